The van der Waals surface area contributed by atoms with E-state index in [0.717, 1.165) is 16.2 Å². The fraction of sp³-hybridized carbons (Fsp3) is 0.167. The number of hydrogen-bond donors (Lipinski definition) is 1. The Kier molecular flexibility index (Phi) is 6.16. The molecule has 4 rings (SSSR count). The minimum absolute atomic E-state index is 0.0723. The van der Waals surface area contributed by atoms with E-state index in [1.807, 2.05) is 0 Å². The summed E-state index contributed by atoms with van der Waals surface area (Å²) in [6, 6.07) is 10.4. The molecule has 0 spiro atoms. The molecular weight excluding hydrogens is 463 g/mol. The third-order valence-electron chi connectivity index (χ3n) is 5.36. The Balaban J connectivity index is 1.91. The van der Waals surface area contributed by atoms with Crippen LogP contribution in [0.3, 0.4) is 0 Å². The minimum atomic E-state index is -1.10. The molecule has 1 N–H and O–H groups in total. The number of benzene rings is 2. The number of halogens is 1. The molecule has 10 heteroatoms. The average Bonchev–Trinajstić information content (AvgIpc) is 3.35. The first-order valence-electron chi connectivity index (χ1n) is 10.0. The number of Topliss-reactive ketones (excluding diaryl/α,β-unsaturated/α-hetero) is 1. The van der Waals surface area contributed by atoms with E-state index in [1.54, 1.807) is 31.2 Å². The number of aliphatic hydroxyl groups excluding tert-OH is 1. The summed E-state index contributed by atoms with van der Waals surface area (Å²) in [5, 5.41) is 11.2. The van der Waals surface area contributed by atoms with Crippen molar-refractivity contribution in [2.45, 2.75) is 13.0 Å². The van der Waals surface area contributed by atoms with Gasteiger partial charge in [-0.2, -0.15) is 0 Å². The van der Waals surface area contributed by atoms with Crippen molar-refractivity contribution >= 4 is 39.9 Å². The third-order valence-corrected chi connectivity index (χ3v) is 6.49. The van der Waals surface area contributed by atoms with Crippen LogP contribution >= 0.6 is 11.3 Å². The van der Waals surface area contributed by atoms with Crippen molar-refractivity contribution in [3.63, 3.8) is 0 Å². The zero-order chi connectivity index (χ0) is 24.6. The van der Waals surface area contributed by atoms with E-state index in [2.05, 4.69) is 4.98 Å². The summed E-state index contributed by atoms with van der Waals surface area (Å²) in [7, 11) is 2.72. The fourth-order valence-corrected chi connectivity index (χ4v) is 4.67. The van der Waals surface area contributed by atoms with Gasteiger partial charge in [0.15, 0.2) is 5.13 Å². The van der Waals surface area contributed by atoms with Crippen molar-refractivity contribution in [3.05, 3.63) is 81.6 Å². The van der Waals surface area contributed by atoms with Gasteiger partial charge in [-0.25, -0.2) is 14.2 Å². The molecule has 0 saturated carbocycles. The summed E-state index contributed by atoms with van der Waals surface area (Å²) in [5.41, 5.74) is 0.802. The van der Waals surface area contributed by atoms with Crippen LogP contribution in [0, 0.1) is 12.7 Å². The van der Waals surface area contributed by atoms with Crippen LogP contribution in [0.25, 0.3) is 5.76 Å². The van der Waals surface area contributed by atoms with Crippen LogP contribution in [0.1, 0.15) is 32.5 Å². The van der Waals surface area contributed by atoms with Crippen LogP contribution in [0.2, 0.25) is 0 Å². The molecule has 1 atom stereocenters. The molecule has 0 aliphatic carbocycles. The topological polar surface area (TPSA) is 106 Å². The maximum Gasteiger partial charge on any atom is 0.350 e. The van der Waals surface area contributed by atoms with Gasteiger partial charge in [0.2, 0.25) is 0 Å². The molecule has 174 valence electrons. The van der Waals surface area contributed by atoms with Crippen molar-refractivity contribution in [2.24, 2.45) is 0 Å². The van der Waals surface area contributed by atoms with Crippen LogP contribution in [-0.4, -0.2) is 42.0 Å². The number of rotatable bonds is 5. The summed E-state index contributed by atoms with van der Waals surface area (Å²) in [4.78, 5) is 44.0. The van der Waals surface area contributed by atoms with E-state index in [1.165, 1.54) is 38.5 Å². The number of carbonyl (C=O) groups excluding carboxylic acids is 3. The zero-order valence-electron chi connectivity index (χ0n) is 18.4. The fourth-order valence-electron chi connectivity index (χ4n) is 3.66. The predicted molar refractivity (Wildman–Crippen MR) is 122 cm³/mol. The molecule has 1 amide bonds. The second-order valence-electron chi connectivity index (χ2n) is 7.35. The lowest BCUT2D eigenvalue weighted by Crippen LogP contribution is -2.29. The summed E-state index contributed by atoms with van der Waals surface area (Å²) in [6.45, 7) is 1.58. The Morgan fingerprint density at radius 3 is 2.32 bits per heavy atom. The van der Waals surface area contributed by atoms with E-state index in [0.29, 0.717) is 17.0 Å². The summed E-state index contributed by atoms with van der Waals surface area (Å²) >= 11 is 0.884. The smallest absolute Gasteiger partial charge is 0.350 e. The van der Waals surface area contributed by atoms with Crippen LogP contribution in [0.4, 0.5) is 9.52 Å². The van der Waals surface area contributed by atoms with Gasteiger partial charge in [0.1, 0.15) is 22.2 Å². The highest BCUT2D eigenvalue weighted by molar-refractivity contribution is 7.17. The molecule has 0 unspecified atom stereocenters. The summed E-state index contributed by atoms with van der Waals surface area (Å²) in [6.07, 6.45) is 0. The number of nitrogens with zero attached hydrogens (tertiary/aromatic N) is 2. The highest BCUT2D eigenvalue weighted by atomic mass is 32.1. The molecule has 1 fully saturated rings. The maximum absolute atomic E-state index is 13.6. The maximum atomic E-state index is 13.6. The quantitative estimate of drug-likeness (QED) is 0.253. The van der Waals surface area contributed by atoms with Gasteiger partial charge in [-0.05, 0) is 48.9 Å². The Morgan fingerprint density at radius 1 is 1.09 bits per heavy atom. The average molecular weight is 482 g/mol. The molecule has 0 bridgehead atoms. The second kappa shape index (κ2) is 9.06. The first-order chi connectivity index (χ1) is 16.3. The number of ketones is 1. The number of amides is 1. The molecule has 2 heterocycles. The van der Waals surface area contributed by atoms with Gasteiger partial charge in [-0.3, -0.25) is 14.5 Å². The van der Waals surface area contributed by atoms with Crippen LogP contribution in [-0.2, 0) is 14.3 Å². The van der Waals surface area contributed by atoms with Gasteiger partial charge in [-0.1, -0.05) is 23.5 Å². The van der Waals surface area contributed by atoms with Crippen molar-refractivity contribution in [3.8, 4) is 5.75 Å². The lowest BCUT2D eigenvalue weighted by Gasteiger charge is -2.23. The number of thiazole rings is 1. The summed E-state index contributed by atoms with van der Waals surface area (Å²) in [5.74, 6) is -2.87. The molecule has 0 radical (unpaired) electrons. The SMILES string of the molecule is COC(=O)c1sc(N2C(=O)C(=O)/C(=C(/O)c3ccc(OC)cc3)[C@H]2c2ccc(F)cc2)nc1C. The lowest BCUT2D eigenvalue weighted by atomic mass is 9.95. The van der Waals surface area contributed by atoms with Gasteiger partial charge < -0.3 is 14.6 Å². The number of aliphatic hydroxyl groups is 1. The van der Waals surface area contributed by atoms with E-state index in [-0.39, 0.29) is 21.1 Å². The Hall–Kier alpha value is -4.05. The van der Waals surface area contributed by atoms with Crippen molar-refractivity contribution in [1.82, 2.24) is 4.98 Å². The molecule has 3 aromatic rings. The lowest BCUT2D eigenvalue weighted by molar-refractivity contribution is -0.132. The Labute approximate surface area is 197 Å². The first kappa shape index (κ1) is 23.1. The second-order valence-corrected chi connectivity index (χ2v) is 8.33. The molecule has 1 saturated heterocycles. The van der Waals surface area contributed by atoms with Crippen LogP contribution in [0.5, 0.6) is 5.75 Å². The monoisotopic (exact) mass is 482 g/mol. The number of aromatic nitrogens is 1. The zero-order valence-corrected chi connectivity index (χ0v) is 19.2. The Bertz CT molecular complexity index is 1310. The number of esters is 1. The van der Waals surface area contributed by atoms with Crippen molar-refractivity contribution in [1.29, 1.82) is 0 Å². The first-order valence-corrected chi connectivity index (χ1v) is 10.8. The molecule has 1 aliphatic rings. The van der Waals surface area contributed by atoms with Gasteiger partial charge in [-0.15, -0.1) is 0 Å². The van der Waals surface area contributed by atoms with E-state index in [4.69, 9.17) is 9.47 Å². The van der Waals surface area contributed by atoms with Crippen LogP contribution < -0.4 is 9.64 Å². The third kappa shape index (κ3) is 3.92. The van der Waals surface area contributed by atoms with Gasteiger partial charge in [0.25, 0.3) is 5.78 Å². The highest BCUT2D eigenvalue weighted by Crippen LogP contribution is 2.44. The minimum Gasteiger partial charge on any atom is -0.507 e. The molecule has 1 aromatic heterocycles. The molecular formula is C24H19FN2O6S. The van der Waals surface area contributed by atoms with E-state index >= 15 is 0 Å². The number of ether oxygens (including phenoxy) is 2. The van der Waals surface area contributed by atoms with Gasteiger partial charge >= 0.3 is 11.9 Å². The largest absolute Gasteiger partial charge is 0.507 e. The Morgan fingerprint density at radius 2 is 1.74 bits per heavy atom. The molecule has 34 heavy (non-hydrogen) atoms. The molecule has 8 nitrogen and oxygen atoms in total. The van der Waals surface area contributed by atoms with Crippen molar-refractivity contribution in [2.75, 3.05) is 19.1 Å². The number of carbonyl (C=O) groups is 3. The number of aryl methyl sites for hydroxylation is 1. The van der Waals surface area contributed by atoms with E-state index < -0.39 is 35.3 Å². The van der Waals surface area contributed by atoms with Gasteiger partial charge in [0, 0.05) is 5.56 Å². The molecule has 2 aromatic carbocycles. The predicted octanol–water partition coefficient (Wildman–Crippen LogP) is 4.01. The highest BCUT2D eigenvalue weighted by Gasteiger charge is 2.48. The standard InChI is InChI=1S/C24H19FN2O6S/c1-12-21(23(31)33-3)34-24(26-12)27-18(13-4-8-15(25)9-5-13)17(20(29)22(27)30)19(28)14-6-10-16(32-2)11-7-14/h4-11,18,28H,1-3H3/b19-17+/t18-/m1/s1. The number of anilines is 1. The van der Waals surface area contributed by atoms with Crippen LogP contribution in [0.15, 0.2) is 54.1 Å². The molecule has 1 aliphatic heterocycles. The number of methoxy groups -OCH3 is 2. The van der Waals surface area contributed by atoms with E-state index in [9.17, 15) is 23.9 Å². The number of hydrogen-bond acceptors (Lipinski definition) is 8. The summed E-state index contributed by atoms with van der Waals surface area (Å²) < 4.78 is 23.5. The normalized spacial score (nSPS) is 17.2. The van der Waals surface area contributed by atoms with Gasteiger partial charge in [0.05, 0.1) is 31.5 Å². The van der Waals surface area contributed by atoms with Crippen molar-refractivity contribution < 1.29 is 33.4 Å².